The van der Waals surface area contributed by atoms with Gasteiger partial charge in [0.15, 0.2) is 0 Å². The number of aromatic carboxylic acids is 3. The van der Waals surface area contributed by atoms with Crippen molar-refractivity contribution in [2.24, 2.45) is 0 Å². The number of benzene rings is 3. The van der Waals surface area contributed by atoms with Gasteiger partial charge in [0.05, 0.1) is 25.9 Å². The first-order chi connectivity index (χ1) is 16.8. The van der Waals surface area contributed by atoms with E-state index < -0.39 is 32.7 Å². The molecule has 0 heterocycles. The molecule has 0 atom stereocenters. The fraction of sp³-hybridized carbons (Fsp3) is 0. The molecule has 0 radical (unpaired) electrons. The van der Waals surface area contributed by atoms with Crippen LogP contribution in [0.3, 0.4) is 0 Å². The SMILES string of the molecule is O=C(O)c1ccc([N+](=O)[O-])cc1.O=C(O)c1cccc([N+](=O)[O-])c1.O=C(O)c1ccccc1[N+](=O)[O-]. The maximum absolute atomic E-state index is 10.4. The van der Waals surface area contributed by atoms with Crippen LogP contribution in [-0.4, -0.2) is 48.0 Å². The summed E-state index contributed by atoms with van der Waals surface area (Å²) in [4.78, 5) is 59.8. The first-order valence-corrected chi connectivity index (χ1v) is 9.27. The second-order valence-electron chi connectivity index (χ2n) is 6.30. The molecule has 0 saturated carbocycles. The zero-order valence-electron chi connectivity index (χ0n) is 17.8. The predicted molar refractivity (Wildman–Crippen MR) is 120 cm³/mol. The molecule has 0 saturated heterocycles. The van der Waals surface area contributed by atoms with Gasteiger partial charge < -0.3 is 15.3 Å². The van der Waals surface area contributed by atoms with Gasteiger partial charge in [-0.25, -0.2) is 14.4 Å². The van der Waals surface area contributed by atoms with Crippen molar-refractivity contribution in [3.63, 3.8) is 0 Å². The Hall–Kier alpha value is -5.73. The number of nitro benzene ring substituents is 3. The molecule has 0 spiro atoms. The summed E-state index contributed by atoms with van der Waals surface area (Å²) in [6.07, 6.45) is 0. The Balaban J connectivity index is 0.000000270. The predicted octanol–water partition coefficient (Wildman–Crippen LogP) is 3.88. The summed E-state index contributed by atoms with van der Waals surface area (Å²) in [6.45, 7) is 0. The second kappa shape index (κ2) is 13.1. The Morgan fingerprint density at radius 1 is 0.556 bits per heavy atom. The molecule has 0 aliphatic rings. The van der Waals surface area contributed by atoms with Gasteiger partial charge in [-0.05, 0) is 24.3 Å². The fourth-order valence-electron chi connectivity index (χ4n) is 2.29. The van der Waals surface area contributed by atoms with Gasteiger partial charge in [0, 0.05) is 30.3 Å². The number of hydrogen-bond donors (Lipinski definition) is 3. The third-order valence-corrected chi connectivity index (χ3v) is 3.96. The van der Waals surface area contributed by atoms with E-state index >= 15 is 0 Å². The zero-order chi connectivity index (χ0) is 27.4. The Morgan fingerprint density at radius 3 is 1.50 bits per heavy atom. The average Bonchev–Trinajstić information content (AvgIpc) is 2.84. The van der Waals surface area contributed by atoms with Crippen molar-refractivity contribution in [3.05, 3.63) is 120 Å². The number of nitrogens with zero attached hydrogens (tertiary/aromatic N) is 3. The number of carboxylic acids is 3. The molecule has 186 valence electrons. The lowest BCUT2D eigenvalue weighted by molar-refractivity contribution is -0.385. The van der Waals surface area contributed by atoms with Crippen LogP contribution < -0.4 is 0 Å². The molecule has 3 aromatic carbocycles. The van der Waals surface area contributed by atoms with Crippen LogP contribution in [0.4, 0.5) is 17.1 Å². The van der Waals surface area contributed by atoms with Crippen molar-refractivity contribution >= 4 is 35.0 Å². The standard InChI is InChI=1S/3C7H5NO4/c9-7(10)5-1-3-6(4-2-5)8(11)12;9-7(10)5-2-1-3-6(4-5)8(11)12;9-7(10)5-3-1-2-4-6(5)8(11)12/h3*1-4H,(H,9,10). The van der Waals surface area contributed by atoms with Crippen LogP contribution in [0.25, 0.3) is 0 Å². The minimum atomic E-state index is -1.29. The number of nitro groups is 3. The molecular formula is C21H15N3O12. The van der Waals surface area contributed by atoms with E-state index in [0.29, 0.717) is 0 Å². The maximum atomic E-state index is 10.4. The molecule has 15 heteroatoms. The van der Waals surface area contributed by atoms with Gasteiger partial charge in [0.2, 0.25) is 0 Å². The molecule has 0 bridgehead atoms. The molecule has 3 N–H and O–H groups in total. The molecule has 0 aliphatic carbocycles. The van der Waals surface area contributed by atoms with Crippen molar-refractivity contribution in [1.29, 1.82) is 0 Å². The van der Waals surface area contributed by atoms with Gasteiger partial charge in [-0.15, -0.1) is 0 Å². The largest absolute Gasteiger partial charge is 0.478 e. The van der Waals surface area contributed by atoms with E-state index in [0.717, 1.165) is 24.3 Å². The third-order valence-electron chi connectivity index (χ3n) is 3.96. The summed E-state index contributed by atoms with van der Waals surface area (Å²) in [5, 5.41) is 56.0. The Labute approximate surface area is 199 Å². The minimum Gasteiger partial charge on any atom is -0.478 e. The lowest BCUT2D eigenvalue weighted by atomic mass is 10.2. The lowest BCUT2D eigenvalue weighted by Crippen LogP contribution is -2.01. The summed E-state index contributed by atoms with van der Waals surface area (Å²) in [5.74, 6) is -3.55. The monoisotopic (exact) mass is 501 g/mol. The molecule has 0 aromatic heterocycles. The van der Waals surface area contributed by atoms with E-state index in [9.17, 15) is 44.7 Å². The number of hydrogen-bond acceptors (Lipinski definition) is 9. The molecule has 0 fully saturated rings. The van der Waals surface area contributed by atoms with Crippen LogP contribution in [-0.2, 0) is 0 Å². The summed E-state index contributed by atoms with van der Waals surface area (Å²) in [5.41, 5.74) is -1.03. The molecule has 15 nitrogen and oxygen atoms in total. The highest BCUT2D eigenvalue weighted by atomic mass is 16.6. The van der Waals surface area contributed by atoms with E-state index in [1.807, 2.05) is 0 Å². The van der Waals surface area contributed by atoms with Crippen LogP contribution in [0.5, 0.6) is 0 Å². The van der Waals surface area contributed by atoms with Crippen molar-refractivity contribution in [3.8, 4) is 0 Å². The van der Waals surface area contributed by atoms with Crippen molar-refractivity contribution < 1.29 is 44.5 Å². The van der Waals surface area contributed by atoms with E-state index in [2.05, 4.69) is 0 Å². The van der Waals surface area contributed by atoms with Crippen molar-refractivity contribution in [2.75, 3.05) is 0 Å². The lowest BCUT2D eigenvalue weighted by Gasteiger charge is -1.94. The van der Waals surface area contributed by atoms with Crippen LogP contribution in [0.1, 0.15) is 31.1 Å². The van der Waals surface area contributed by atoms with Gasteiger partial charge >= 0.3 is 17.9 Å². The van der Waals surface area contributed by atoms with E-state index in [1.165, 1.54) is 48.5 Å². The van der Waals surface area contributed by atoms with Crippen molar-refractivity contribution in [2.45, 2.75) is 0 Å². The Bertz CT molecular complexity index is 1210. The van der Waals surface area contributed by atoms with E-state index in [-0.39, 0.29) is 33.8 Å². The summed E-state index contributed by atoms with van der Waals surface area (Å²) in [7, 11) is 0. The molecule has 3 aromatic rings. The van der Waals surface area contributed by atoms with Crippen LogP contribution in [0.2, 0.25) is 0 Å². The van der Waals surface area contributed by atoms with Crippen molar-refractivity contribution in [1.82, 2.24) is 0 Å². The normalized spacial score (nSPS) is 9.33. The van der Waals surface area contributed by atoms with E-state index in [4.69, 9.17) is 15.3 Å². The fourth-order valence-corrected chi connectivity index (χ4v) is 2.29. The second-order valence-corrected chi connectivity index (χ2v) is 6.30. The molecular weight excluding hydrogens is 486 g/mol. The van der Waals surface area contributed by atoms with Gasteiger partial charge in [0.25, 0.3) is 17.1 Å². The summed E-state index contributed by atoms with van der Waals surface area (Å²) in [6, 6.07) is 14.8. The summed E-state index contributed by atoms with van der Waals surface area (Å²) < 4.78 is 0. The highest BCUT2D eigenvalue weighted by Gasteiger charge is 2.17. The highest BCUT2D eigenvalue weighted by Crippen LogP contribution is 2.17. The smallest absolute Gasteiger partial charge is 0.342 e. The number of para-hydroxylation sites is 1. The summed E-state index contributed by atoms with van der Waals surface area (Å²) >= 11 is 0. The number of carboxylic acid groups (broad SMARTS) is 3. The first-order valence-electron chi connectivity index (χ1n) is 9.27. The van der Waals surface area contributed by atoms with Crippen LogP contribution in [0.15, 0.2) is 72.8 Å². The maximum Gasteiger partial charge on any atom is 0.342 e. The number of non-ortho nitro benzene ring substituents is 2. The number of carbonyl (C=O) groups is 3. The van der Waals surface area contributed by atoms with Gasteiger partial charge in [0.1, 0.15) is 5.56 Å². The van der Waals surface area contributed by atoms with Gasteiger partial charge in [-0.2, -0.15) is 0 Å². The quantitative estimate of drug-likeness (QED) is 0.322. The Kier molecular flexibility index (Phi) is 10.3. The van der Waals surface area contributed by atoms with Crippen LogP contribution >= 0.6 is 0 Å². The zero-order valence-corrected chi connectivity index (χ0v) is 17.8. The van der Waals surface area contributed by atoms with Gasteiger partial charge in [-0.1, -0.05) is 18.2 Å². The van der Waals surface area contributed by atoms with Gasteiger partial charge in [-0.3, -0.25) is 30.3 Å². The molecule has 0 aliphatic heterocycles. The number of rotatable bonds is 6. The third kappa shape index (κ3) is 8.66. The minimum absolute atomic E-state index is 0.0422. The molecule has 36 heavy (non-hydrogen) atoms. The highest BCUT2D eigenvalue weighted by molar-refractivity contribution is 5.92. The average molecular weight is 501 g/mol. The molecule has 0 amide bonds. The molecule has 3 rings (SSSR count). The Morgan fingerprint density at radius 2 is 1.08 bits per heavy atom. The molecule has 0 unspecified atom stereocenters. The van der Waals surface area contributed by atoms with E-state index in [1.54, 1.807) is 0 Å². The topological polar surface area (TPSA) is 241 Å². The van der Waals surface area contributed by atoms with Crippen LogP contribution in [0, 0.1) is 30.3 Å². The first kappa shape index (κ1) is 28.3.